The molecule has 2 aromatic rings. The molecule has 7 nitrogen and oxygen atoms in total. The van der Waals surface area contributed by atoms with Gasteiger partial charge in [0.2, 0.25) is 0 Å². The highest BCUT2D eigenvalue weighted by atomic mass is 16.2. The lowest BCUT2D eigenvalue weighted by atomic mass is 10.1. The van der Waals surface area contributed by atoms with Crippen LogP contribution >= 0.6 is 0 Å². The molecule has 0 radical (unpaired) electrons. The number of aromatic amines is 1. The van der Waals surface area contributed by atoms with E-state index in [1.807, 2.05) is 0 Å². The smallest absolute Gasteiger partial charge is 0.364 e. The van der Waals surface area contributed by atoms with Crippen molar-refractivity contribution in [2.45, 2.75) is 25.8 Å². The number of aromatic nitrogens is 4. The van der Waals surface area contributed by atoms with Crippen LogP contribution in [0.5, 0.6) is 0 Å². The van der Waals surface area contributed by atoms with Gasteiger partial charge >= 0.3 is 5.69 Å². The Labute approximate surface area is 98.0 Å². The molecule has 2 heterocycles. The summed E-state index contributed by atoms with van der Waals surface area (Å²) in [5, 5.41) is 13.6. The van der Waals surface area contributed by atoms with E-state index in [9.17, 15) is 4.79 Å². The lowest BCUT2D eigenvalue weighted by molar-refractivity contribution is 0.636. The first-order valence-corrected chi connectivity index (χ1v) is 5.65. The van der Waals surface area contributed by atoms with Crippen LogP contribution in [0.4, 0.5) is 5.82 Å². The first kappa shape index (κ1) is 11.6. The van der Waals surface area contributed by atoms with E-state index in [2.05, 4.69) is 27.5 Å². The lowest BCUT2D eigenvalue weighted by Crippen LogP contribution is -2.24. The summed E-state index contributed by atoms with van der Waals surface area (Å²) < 4.78 is 1.23. The topological polar surface area (TPSA) is 101 Å². The van der Waals surface area contributed by atoms with Crippen molar-refractivity contribution in [3.05, 3.63) is 22.6 Å². The van der Waals surface area contributed by atoms with Crippen LogP contribution in [0.2, 0.25) is 0 Å². The Kier molecular flexibility index (Phi) is 3.38. The van der Waals surface area contributed by atoms with Gasteiger partial charge in [-0.05, 0) is 31.5 Å². The number of anilines is 1. The Morgan fingerprint density at radius 1 is 1.59 bits per heavy atom. The second-order valence-corrected chi connectivity index (χ2v) is 3.84. The number of rotatable bonds is 5. The van der Waals surface area contributed by atoms with Crippen molar-refractivity contribution in [3.63, 3.8) is 0 Å². The third-order valence-corrected chi connectivity index (χ3v) is 2.63. The van der Waals surface area contributed by atoms with Crippen molar-refractivity contribution in [1.82, 2.24) is 19.8 Å². The lowest BCUT2D eigenvalue weighted by Gasteiger charge is -2.16. The molecule has 0 aliphatic heterocycles. The van der Waals surface area contributed by atoms with Crippen LogP contribution in [0.3, 0.4) is 0 Å². The van der Waals surface area contributed by atoms with Crippen LogP contribution in [0, 0.1) is 0 Å². The van der Waals surface area contributed by atoms with Gasteiger partial charge in [-0.25, -0.2) is 9.89 Å². The zero-order valence-corrected chi connectivity index (χ0v) is 9.68. The van der Waals surface area contributed by atoms with Gasteiger partial charge in [-0.2, -0.15) is 9.61 Å². The largest absolute Gasteiger partial charge is 0.366 e. The van der Waals surface area contributed by atoms with Crippen molar-refractivity contribution in [1.29, 1.82) is 0 Å². The van der Waals surface area contributed by atoms with Crippen LogP contribution in [0.25, 0.3) is 5.65 Å². The van der Waals surface area contributed by atoms with Crippen LogP contribution in [0.1, 0.15) is 19.8 Å². The van der Waals surface area contributed by atoms with E-state index in [0.717, 1.165) is 12.8 Å². The van der Waals surface area contributed by atoms with Crippen LogP contribution in [-0.4, -0.2) is 32.4 Å². The summed E-state index contributed by atoms with van der Waals surface area (Å²) in [5.74, 6) is 0.654. The van der Waals surface area contributed by atoms with Gasteiger partial charge in [0, 0.05) is 6.04 Å². The van der Waals surface area contributed by atoms with Gasteiger partial charge in [-0.3, -0.25) is 0 Å². The number of H-pyrrole nitrogens is 1. The molecule has 0 aliphatic rings. The summed E-state index contributed by atoms with van der Waals surface area (Å²) >= 11 is 0. The number of hydrogen-bond acceptors (Lipinski definition) is 5. The fourth-order valence-electron chi connectivity index (χ4n) is 1.67. The molecule has 17 heavy (non-hydrogen) atoms. The third kappa shape index (κ3) is 2.44. The number of nitrogens with zero attached hydrogens (tertiary/aromatic N) is 3. The summed E-state index contributed by atoms with van der Waals surface area (Å²) in [6, 6.07) is 3.81. The monoisotopic (exact) mass is 236 g/mol. The maximum Gasteiger partial charge on any atom is 0.364 e. The highest BCUT2D eigenvalue weighted by Gasteiger charge is 2.07. The van der Waals surface area contributed by atoms with Crippen LogP contribution in [-0.2, 0) is 0 Å². The van der Waals surface area contributed by atoms with E-state index in [0.29, 0.717) is 18.0 Å². The molecule has 0 spiro atoms. The Morgan fingerprint density at radius 3 is 3.12 bits per heavy atom. The highest BCUT2D eigenvalue weighted by molar-refractivity contribution is 5.43. The summed E-state index contributed by atoms with van der Waals surface area (Å²) in [4.78, 5) is 11.3. The Morgan fingerprint density at radius 2 is 2.41 bits per heavy atom. The fraction of sp³-hybridized carbons (Fsp3) is 0.500. The molecular weight excluding hydrogens is 220 g/mol. The molecule has 2 aromatic heterocycles. The fourth-order valence-corrected chi connectivity index (χ4v) is 1.67. The number of fused-ring (bicyclic) bond motifs is 1. The quantitative estimate of drug-likeness (QED) is 0.676. The second-order valence-electron chi connectivity index (χ2n) is 3.84. The van der Waals surface area contributed by atoms with Crippen molar-refractivity contribution < 1.29 is 0 Å². The van der Waals surface area contributed by atoms with E-state index in [-0.39, 0.29) is 11.7 Å². The summed E-state index contributed by atoms with van der Waals surface area (Å²) in [6.45, 7) is 2.70. The van der Waals surface area contributed by atoms with Gasteiger partial charge in [0.05, 0.1) is 0 Å². The van der Waals surface area contributed by atoms with Gasteiger partial charge in [0.25, 0.3) is 0 Å². The number of nitrogens with two attached hydrogens (primary N) is 1. The maximum absolute atomic E-state index is 11.3. The average Bonchev–Trinajstić information content (AvgIpc) is 2.70. The SMILES string of the molecule is CCC(CCN)Nc1ccc2n[nH]c(=O)n2n1. The van der Waals surface area contributed by atoms with Crippen molar-refractivity contribution in [2.24, 2.45) is 5.73 Å². The van der Waals surface area contributed by atoms with Gasteiger partial charge < -0.3 is 11.1 Å². The highest BCUT2D eigenvalue weighted by Crippen LogP contribution is 2.08. The maximum atomic E-state index is 11.3. The van der Waals surface area contributed by atoms with Crippen molar-refractivity contribution in [3.8, 4) is 0 Å². The minimum atomic E-state index is -0.337. The summed E-state index contributed by atoms with van der Waals surface area (Å²) in [5.41, 5.74) is 5.70. The molecule has 1 atom stereocenters. The zero-order chi connectivity index (χ0) is 12.3. The molecule has 92 valence electrons. The van der Waals surface area contributed by atoms with Crippen LogP contribution < -0.4 is 16.7 Å². The Bertz CT molecular complexity index is 545. The van der Waals surface area contributed by atoms with Crippen molar-refractivity contribution >= 4 is 11.5 Å². The first-order chi connectivity index (χ1) is 8.24. The second kappa shape index (κ2) is 4.96. The molecule has 0 saturated heterocycles. The molecule has 1 unspecified atom stereocenters. The van der Waals surface area contributed by atoms with E-state index in [1.54, 1.807) is 12.1 Å². The molecular formula is C10H16N6O. The van der Waals surface area contributed by atoms with E-state index >= 15 is 0 Å². The molecule has 0 fully saturated rings. The van der Waals surface area contributed by atoms with E-state index < -0.39 is 0 Å². The van der Waals surface area contributed by atoms with Gasteiger partial charge in [-0.1, -0.05) is 6.92 Å². The molecule has 0 saturated carbocycles. The minimum absolute atomic E-state index is 0.271. The van der Waals surface area contributed by atoms with E-state index in [4.69, 9.17) is 5.73 Å². The van der Waals surface area contributed by atoms with Gasteiger partial charge in [-0.15, -0.1) is 5.10 Å². The van der Waals surface area contributed by atoms with Gasteiger partial charge in [0.1, 0.15) is 5.82 Å². The Balaban J connectivity index is 2.23. The molecule has 0 aliphatic carbocycles. The predicted molar refractivity (Wildman–Crippen MR) is 65.0 cm³/mol. The molecule has 7 heteroatoms. The third-order valence-electron chi connectivity index (χ3n) is 2.63. The standard InChI is InChI=1S/C10H16N6O/c1-2-7(5-6-11)12-8-3-4-9-13-14-10(17)16(9)15-8/h3-4,7H,2,5-6,11H2,1H3,(H,12,15)(H,14,17). The number of hydrogen-bond donors (Lipinski definition) is 3. The minimum Gasteiger partial charge on any atom is -0.366 e. The zero-order valence-electron chi connectivity index (χ0n) is 9.68. The normalized spacial score (nSPS) is 12.8. The first-order valence-electron chi connectivity index (χ1n) is 5.65. The molecule has 0 bridgehead atoms. The molecule has 2 rings (SSSR count). The van der Waals surface area contributed by atoms with Crippen LogP contribution in [0.15, 0.2) is 16.9 Å². The average molecular weight is 236 g/mol. The predicted octanol–water partition coefficient (Wildman–Crippen LogP) is -0.0431. The molecule has 4 N–H and O–H groups in total. The van der Waals surface area contributed by atoms with Crippen molar-refractivity contribution in [2.75, 3.05) is 11.9 Å². The molecule has 0 amide bonds. The Hall–Kier alpha value is -1.89. The molecule has 0 aromatic carbocycles. The summed E-state index contributed by atoms with van der Waals surface area (Å²) in [6.07, 6.45) is 1.83. The van der Waals surface area contributed by atoms with Gasteiger partial charge in [0.15, 0.2) is 5.65 Å². The summed E-state index contributed by atoms with van der Waals surface area (Å²) in [7, 11) is 0. The number of nitrogens with one attached hydrogen (secondary N) is 2. The van der Waals surface area contributed by atoms with E-state index in [1.165, 1.54) is 4.52 Å².